The minimum atomic E-state index is 0.646. The molecule has 0 bridgehead atoms. The van der Waals surface area contributed by atoms with Crippen LogP contribution >= 0.6 is 0 Å². The molecular formula is C12H18N6. The normalized spacial score (nSPS) is 10.6. The molecule has 0 fully saturated rings. The molecule has 0 aliphatic rings. The fourth-order valence-corrected chi connectivity index (χ4v) is 1.90. The molecule has 0 saturated carbocycles. The highest BCUT2D eigenvalue weighted by molar-refractivity contribution is 5.61. The minimum Gasteiger partial charge on any atom is -0.330 e. The second kappa shape index (κ2) is 5.59. The van der Waals surface area contributed by atoms with Gasteiger partial charge in [0.25, 0.3) is 0 Å². The van der Waals surface area contributed by atoms with Gasteiger partial charge in [0.15, 0.2) is 0 Å². The predicted octanol–water partition coefficient (Wildman–Crippen LogP) is 1.01. The number of hydrogen-bond acceptors (Lipinski definition) is 5. The van der Waals surface area contributed by atoms with E-state index in [1.807, 2.05) is 19.2 Å². The van der Waals surface area contributed by atoms with Crippen molar-refractivity contribution >= 4 is 11.6 Å². The number of para-hydroxylation sites is 1. The standard InChI is InChI=1S/C12H18N6/c1-10-6-3-4-7-11(10)18(9-5-8-13)12-14-15-16-17(12)2/h3-4,6-7H,5,8-9,13H2,1-2H3. The Morgan fingerprint density at radius 2 is 2.11 bits per heavy atom. The van der Waals surface area contributed by atoms with Crippen LogP contribution in [0, 0.1) is 6.92 Å². The molecular weight excluding hydrogens is 228 g/mol. The molecule has 6 heteroatoms. The topological polar surface area (TPSA) is 72.9 Å². The van der Waals surface area contributed by atoms with Crippen LogP contribution in [0.15, 0.2) is 24.3 Å². The maximum absolute atomic E-state index is 5.60. The van der Waals surface area contributed by atoms with Gasteiger partial charge in [-0.05, 0) is 41.9 Å². The Hall–Kier alpha value is -1.95. The number of anilines is 2. The third-order valence-corrected chi connectivity index (χ3v) is 2.83. The van der Waals surface area contributed by atoms with E-state index in [2.05, 4.69) is 39.5 Å². The fourth-order valence-electron chi connectivity index (χ4n) is 1.90. The number of rotatable bonds is 5. The highest BCUT2D eigenvalue weighted by atomic mass is 15.6. The molecule has 0 saturated heterocycles. The Kier molecular flexibility index (Phi) is 3.88. The first-order chi connectivity index (χ1) is 8.74. The van der Waals surface area contributed by atoms with E-state index in [1.165, 1.54) is 5.56 Å². The van der Waals surface area contributed by atoms with Crippen molar-refractivity contribution in [2.45, 2.75) is 13.3 Å². The summed E-state index contributed by atoms with van der Waals surface area (Å²) < 4.78 is 1.67. The zero-order valence-electron chi connectivity index (χ0n) is 10.7. The van der Waals surface area contributed by atoms with E-state index < -0.39 is 0 Å². The predicted molar refractivity (Wildman–Crippen MR) is 70.7 cm³/mol. The van der Waals surface area contributed by atoms with Gasteiger partial charge in [0.2, 0.25) is 5.95 Å². The Bertz CT molecular complexity index is 507. The van der Waals surface area contributed by atoms with Gasteiger partial charge in [-0.2, -0.15) is 0 Å². The van der Waals surface area contributed by atoms with Gasteiger partial charge in [0.1, 0.15) is 0 Å². The second-order valence-corrected chi connectivity index (χ2v) is 4.18. The molecule has 1 aromatic heterocycles. The average Bonchev–Trinajstić information content (AvgIpc) is 2.78. The van der Waals surface area contributed by atoms with Crippen molar-refractivity contribution in [3.8, 4) is 0 Å². The molecule has 96 valence electrons. The third-order valence-electron chi connectivity index (χ3n) is 2.83. The number of nitrogens with zero attached hydrogens (tertiary/aromatic N) is 5. The summed E-state index contributed by atoms with van der Waals surface area (Å²) in [4.78, 5) is 2.10. The molecule has 0 amide bonds. The summed E-state index contributed by atoms with van der Waals surface area (Å²) in [6.07, 6.45) is 0.890. The summed E-state index contributed by atoms with van der Waals surface area (Å²) in [5.41, 5.74) is 7.91. The lowest BCUT2D eigenvalue weighted by atomic mass is 10.2. The maximum atomic E-state index is 5.60. The Morgan fingerprint density at radius 3 is 2.72 bits per heavy atom. The molecule has 0 aliphatic carbocycles. The summed E-state index contributed by atoms with van der Waals surface area (Å²) >= 11 is 0. The third kappa shape index (κ3) is 2.48. The number of tetrazole rings is 1. The van der Waals surface area contributed by atoms with Crippen LogP contribution in [0.1, 0.15) is 12.0 Å². The summed E-state index contributed by atoms with van der Waals surface area (Å²) in [5, 5.41) is 11.7. The molecule has 0 unspecified atom stereocenters. The van der Waals surface area contributed by atoms with E-state index >= 15 is 0 Å². The largest absolute Gasteiger partial charge is 0.330 e. The smallest absolute Gasteiger partial charge is 0.249 e. The zero-order valence-corrected chi connectivity index (χ0v) is 10.7. The van der Waals surface area contributed by atoms with Gasteiger partial charge in [-0.1, -0.05) is 23.3 Å². The van der Waals surface area contributed by atoms with Crippen LogP contribution < -0.4 is 10.6 Å². The van der Waals surface area contributed by atoms with Crippen LogP contribution in [0.25, 0.3) is 0 Å². The van der Waals surface area contributed by atoms with E-state index in [0.29, 0.717) is 6.54 Å². The first-order valence-electron chi connectivity index (χ1n) is 5.99. The van der Waals surface area contributed by atoms with Crippen molar-refractivity contribution < 1.29 is 0 Å². The monoisotopic (exact) mass is 246 g/mol. The Labute approximate surface area is 106 Å². The lowest BCUT2D eigenvalue weighted by Gasteiger charge is -2.23. The lowest BCUT2D eigenvalue weighted by molar-refractivity contribution is 0.696. The first-order valence-corrected chi connectivity index (χ1v) is 5.99. The average molecular weight is 246 g/mol. The van der Waals surface area contributed by atoms with Gasteiger partial charge in [0.05, 0.1) is 0 Å². The molecule has 1 aromatic carbocycles. The van der Waals surface area contributed by atoms with Gasteiger partial charge in [0, 0.05) is 19.3 Å². The van der Waals surface area contributed by atoms with Crippen molar-refractivity contribution in [1.82, 2.24) is 20.2 Å². The quantitative estimate of drug-likeness (QED) is 0.852. The van der Waals surface area contributed by atoms with E-state index in [4.69, 9.17) is 5.73 Å². The second-order valence-electron chi connectivity index (χ2n) is 4.18. The van der Waals surface area contributed by atoms with Gasteiger partial charge >= 0.3 is 0 Å². The van der Waals surface area contributed by atoms with Crippen LogP contribution in [-0.2, 0) is 7.05 Å². The molecule has 0 spiro atoms. The van der Waals surface area contributed by atoms with Crippen molar-refractivity contribution in [2.75, 3.05) is 18.0 Å². The van der Waals surface area contributed by atoms with Crippen LogP contribution in [0.4, 0.5) is 11.6 Å². The number of hydrogen-bond donors (Lipinski definition) is 1. The van der Waals surface area contributed by atoms with Gasteiger partial charge in [-0.3, -0.25) is 0 Å². The molecule has 1 heterocycles. The molecule has 6 nitrogen and oxygen atoms in total. The van der Waals surface area contributed by atoms with Gasteiger partial charge in [-0.15, -0.1) is 0 Å². The first kappa shape index (κ1) is 12.5. The number of aryl methyl sites for hydroxylation is 2. The van der Waals surface area contributed by atoms with Gasteiger partial charge < -0.3 is 10.6 Å². The van der Waals surface area contributed by atoms with E-state index in [1.54, 1.807) is 4.68 Å². The minimum absolute atomic E-state index is 0.646. The van der Waals surface area contributed by atoms with Gasteiger partial charge in [-0.25, -0.2) is 4.68 Å². The molecule has 2 N–H and O–H groups in total. The molecule has 0 aliphatic heterocycles. The van der Waals surface area contributed by atoms with Crippen LogP contribution in [-0.4, -0.2) is 33.3 Å². The highest BCUT2D eigenvalue weighted by Gasteiger charge is 2.16. The fraction of sp³-hybridized carbons (Fsp3) is 0.417. The van der Waals surface area contributed by atoms with Crippen LogP contribution in [0.2, 0.25) is 0 Å². The Balaban J connectivity index is 2.37. The van der Waals surface area contributed by atoms with E-state index in [0.717, 1.165) is 24.6 Å². The van der Waals surface area contributed by atoms with Crippen molar-refractivity contribution in [3.05, 3.63) is 29.8 Å². The number of benzene rings is 1. The van der Waals surface area contributed by atoms with E-state index in [-0.39, 0.29) is 0 Å². The summed E-state index contributed by atoms with van der Waals surface area (Å²) in [5.74, 6) is 0.734. The van der Waals surface area contributed by atoms with Crippen molar-refractivity contribution in [3.63, 3.8) is 0 Å². The SMILES string of the molecule is Cc1ccccc1N(CCCN)c1nnnn1C. The lowest BCUT2D eigenvalue weighted by Crippen LogP contribution is -2.24. The van der Waals surface area contributed by atoms with Crippen LogP contribution in [0.3, 0.4) is 0 Å². The molecule has 0 radical (unpaired) electrons. The number of nitrogens with two attached hydrogens (primary N) is 1. The van der Waals surface area contributed by atoms with Crippen molar-refractivity contribution in [1.29, 1.82) is 0 Å². The zero-order chi connectivity index (χ0) is 13.0. The molecule has 18 heavy (non-hydrogen) atoms. The number of aromatic nitrogens is 4. The molecule has 2 aromatic rings. The Morgan fingerprint density at radius 1 is 1.33 bits per heavy atom. The van der Waals surface area contributed by atoms with E-state index in [9.17, 15) is 0 Å². The summed E-state index contributed by atoms with van der Waals surface area (Å²) in [6, 6.07) is 8.19. The summed E-state index contributed by atoms with van der Waals surface area (Å²) in [7, 11) is 1.84. The summed E-state index contributed by atoms with van der Waals surface area (Å²) in [6.45, 7) is 3.53. The maximum Gasteiger partial charge on any atom is 0.249 e. The van der Waals surface area contributed by atoms with Crippen LogP contribution in [0.5, 0.6) is 0 Å². The molecule has 2 rings (SSSR count). The highest BCUT2D eigenvalue weighted by Crippen LogP contribution is 2.25. The van der Waals surface area contributed by atoms with Crippen molar-refractivity contribution in [2.24, 2.45) is 12.8 Å². The molecule has 0 atom stereocenters.